The first-order valence-corrected chi connectivity index (χ1v) is 12.6. The highest BCUT2D eigenvalue weighted by Gasteiger charge is 2.22. The molecule has 0 unspecified atom stereocenters. The van der Waals surface area contributed by atoms with Crippen molar-refractivity contribution in [3.8, 4) is 0 Å². The van der Waals surface area contributed by atoms with Crippen molar-refractivity contribution in [1.82, 2.24) is 19.2 Å². The second-order valence-corrected chi connectivity index (χ2v) is 9.98. The van der Waals surface area contributed by atoms with Gasteiger partial charge in [-0.2, -0.15) is 0 Å². The van der Waals surface area contributed by atoms with Crippen LogP contribution in [0.2, 0.25) is 5.02 Å². The standard InChI is InChI=1S/C23H21ClN4O2S2/c24-18-5-1-3-16-4-2-6-19(22(16)18)32-15-21(30)27-9-7-26(8-10-27)14-17-13-20(29)28-11-12-31-23(28)25-17/h1-6,11-13H,7-10,14-15H2. The van der Waals surface area contributed by atoms with Crippen LogP contribution in [-0.2, 0) is 11.3 Å². The van der Waals surface area contributed by atoms with Gasteiger partial charge in [-0.3, -0.25) is 18.9 Å². The molecule has 0 atom stereocenters. The highest BCUT2D eigenvalue weighted by molar-refractivity contribution is 8.00. The number of fused-ring (bicyclic) bond motifs is 2. The molecule has 2 aromatic heterocycles. The van der Waals surface area contributed by atoms with Crippen LogP contribution in [0.1, 0.15) is 5.69 Å². The summed E-state index contributed by atoms with van der Waals surface area (Å²) >= 11 is 9.40. The van der Waals surface area contributed by atoms with E-state index in [0.717, 1.165) is 34.5 Å². The third kappa shape index (κ3) is 4.41. The van der Waals surface area contributed by atoms with E-state index in [0.29, 0.717) is 35.4 Å². The van der Waals surface area contributed by atoms with Gasteiger partial charge in [0.25, 0.3) is 5.56 Å². The first-order chi connectivity index (χ1) is 15.6. The number of carbonyl (C=O) groups excluding carboxylic acids is 1. The maximum atomic E-state index is 12.8. The number of carbonyl (C=O) groups is 1. The average Bonchev–Trinajstić information content (AvgIpc) is 3.27. The molecule has 2 aromatic carbocycles. The van der Waals surface area contributed by atoms with E-state index >= 15 is 0 Å². The van der Waals surface area contributed by atoms with Gasteiger partial charge in [-0.1, -0.05) is 35.9 Å². The van der Waals surface area contributed by atoms with Crippen LogP contribution in [0, 0.1) is 0 Å². The molecule has 5 rings (SSSR count). The Hall–Kier alpha value is -2.39. The smallest absolute Gasteiger partial charge is 0.258 e. The zero-order valence-corrected chi connectivity index (χ0v) is 19.6. The van der Waals surface area contributed by atoms with E-state index in [9.17, 15) is 9.59 Å². The molecule has 0 saturated carbocycles. The Morgan fingerprint density at radius 3 is 2.72 bits per heavy atom. The van der Waals surface area contributed by atoms with Crippen molar-refractivity contribution in [2.24, 2.45) is 0 Å². The van der Waals surface area contributed by atoms with Crippen molar-refractivity contribution in [2.45, 2.75) is 11.4 Å². The fraction of sp³-hybridized carbons (Fsp3) is 0.261. The zero-order valence-electron chi connectivity index (χ0n) is 17.2. The molecule has 0 spiro atoms. The summed E-state index contributed by atoms with van der Waals surface area (Å²) in [6.07, 6.45) is 1.74. The molecule has 1 amide bonds. The highest BCUT2D eigenvalue weighted by Crippen LogP contribution is 2.33. The van der Waals surface area contributed by atoms with E-state index in [1.165, 1.54) is 23.1 Å². The number of amides is 1. The fourth-order valence-electron chi connectivity index (χ4n) is 3.97. The number of piperazine rings is 1. The number of nitrogens with zero attached hydrogens (tertiary/aromatic N) is 4. The molecular formula is C23H21ClN4O2S2. The third-order valence-corrected chi connectivity index (χ3v) is 7.75. The van der Waals surface area contributed by atoms with Crippen molar-refractivity contribution >= 4 is 56.3 Å². The minimum absolute atomic E-state index is 0.0503. The van der Waals surface area contributed by atoms with Gasteiger partial charge in [-0.15, -0.1) is 23.1 Å². The maximum Gasteiger partial charge on any atom is 0.258 e. The number of halogens is 1. The van der Waals surface area contributed by atoms with E-state index < -0.39 is 0 Å². The summed E-state index contributed by atoms with van der Waals surface area (Å²) < 4.78 is 1.56. The molecule has 1 aliphatic heterocycles. The van der Waals surface area contributed by atoms with Crippen LogP contribution in [0.4, 0.5) is 0 Å². The monoisotopic (exact) mass is 484 g/mol. The molecular weight excluding hydrogens is 464 g/mol. The Kier molecular flexibility index (Phi) is 6.19. The van der Waals surface area contributed by atoms with Crippen molar-refractivity contribution in [2.75, 3.05) is 31.9 Å². The predicted molar refractivity (Wildman–Crippen MR) is 131 cm³/mol. The molecule has 1 fully saturated rings. The number of thiazole rings is 1. The molecule has 0 aliphatic carbocycles. The molecule has 6 nitrogen and oxygen atoms in total. The molecule has 4 aromatic rings. The van der Waals surface area contributed by atoms with Crippen LogP contribution in [0.5, 0.6) is 0 Å². The van der Waals surface area contributed by atoms with Gasteiger partial charge in [-0.25, -0.2) is 4.98 Å². The molecule has 0 N–H and O–H groups in total. The Morgan fingerprint density at radius 1 is 1.12 bits per heavy atom. The molecule has 1 aliphatic rings. The molecule has 32 heavy (non-hydrogen) atoms. The lowest BCUT2D eigenvalue weighted by Crippen LogP contribution is -2.49. The van der Waals surface area contributed by atoms with Crippen LogP contribution < -0.4 is 5.56 Å². The number of hydrogen-bond donors (Lipinski definition) is 0. The SMILES string of the molecule is O=C(CSc1cccc2cccc(Cl)c12)N1CCN(Cc2cc(=O)n3ccsc3n2)CC1. The summed E-state index contributed by atoms with van der Waals surface area (Å²) in [5.41, 5.74) is 0.728. The predicted octanol–water partition coefficient (Wildman–Crippen LogP) is 4.00. The summed E-state index contributed by atoms with van der Waals surface area (Å²) in [6, 6.07) is 13.5. The molecule has 3 heterocycles. The quantitative estimate of drug-likeness (QED) is 0.401. The van der Waals surface area contributed by atoms with Crippen LogP contribution in [-0.4, -0.2) is 57.0 Å². The topological polar surface area (TPSA) is 57.9 Å². The largest absolute Gasteiger partial charge is 0.339 e. The molecule has 164 valence electrons. The van der Waals surface area contributed by atoms with Gasteiger partial charge in [0.15, 0.2) is 4.96 Å². The normalized spacial score (nSPS) is 15.0. The van der Waals surface area contributed by atoms with Gasteiger partial charge in [0.05, 0.1) is 11.4 Å². The number of rotatable bonds is 5. The molecule has 0 bridgehead atoms. The fourth-order valence-corrected chi connectivity index (χ4v) is 6.05. The van der Waals surface area contributed by atoms with E-state index in [1.54, 1.807) is 16.7 Å². The van der Waals surface area contributed by atoms with Crippen molar-refractivity contribution in [3.05, 3.63) is 75.1 Å². The summed E-state index contributed by atoms with van der Waals surface area (Å²) in [6.45, 7) is 3.50. The van der Waals surface area contributed by atoms with Crippen molar-refractivity contribution < 1.29 is 4.79 Å². The second kappa shape index (κ2) is 9.23. The van der Waals surface area contributed by atoms with Gasteiger partial charge >= 0.3 is 0 Å². The molecule has 9 heteroatoms. The maximum absolute atomic E-state index is 12.8. The second-order valence-electron chi connectivity index (χ2n) is 7.68. The number of benzene rings is 2. The van der Waals surface area contributed by atoms with Crippen LogP contribution in [0.25, 0.3) is 15.7 Å². The Morgan fingerprint density at radius 2 is 1.91 bits per heavy atom. The van der Waals surface area contributed by atoms with Gasteiger partial charge < -0.3 is 4.90 Å². The van der Waals surface area contributed by atoms with Gasteiger partial charge in [-0.05, 0) is 17.5 Å². The first-order valence-electron chi connectivity index (χ1n) is 10.3. The zero-order chi connectivity index (χ0) is 22.1. The van der Waals surface area contributed by atoms with E-state index in [-0.39, 0.29) is 11.5 Å². The minimum Gasteiger partial charge on any atom is -0.339 e. The number of hydrogen-bond acceptors (Lipinski definition) is 6. The highest BCUT2D eigenvalue weighted by atomic mass is 35.5. The molecule has 1 saturated heterocycles. The first kappa shape index (κ1) is 21.5. The average molecular weight is 485 g/mol. The lowest BCUT2D eigenvalue weighted by molar-refractivity contribution is -0.130. The van der Waals surface area contributed by atoms with Crippen LogP contribution >= 0.6 is 34.7 Å². The Balaban J connectivity index is 1.17. The number of aromatic nitrogens is 2. The van der Waals surface area contributed by atoms with Crippen LogP contribution in [0.3, 0.4) is 0 Å². The lowest BCUT2D eigenvalue weighted by Gasteiger charge is -2.34. The van der Waals surface area contributed by atoms with Gasteiger partial charge in [0.2, 0.25) is 5.91 Å². The Bertz CT molecular complexity index is 1340. The van der Waals surface area contributed by atoms with Gasteiger partial charge in [0, 0.05) is 65.7 Å². The summed E-state index contributed by atoms with van der Waals surface area (Å²) in [5.74, 6) is 0.521. The summed E-state index contributed by atoms with van der Waals surface area (Å²) in [4.78, 5) is 35.5. The van der Waals surface area contributed by atoms with E-state index in [4.69, 9.17) is 11.6 Å². The van der Waals surface area contributed by atoms with E-state index in [2.05, 4.69) is 9.88 Å². The molecule has 0 radical (unpaired) electrons. The van der Waals surface area contributed by atoms with Crippen molar-refractivity contribution in [1.29, 1.82) is 0 Å². The number of thioether (sulfide) groups is 1. The minimum atomic E-state index is -0.0503. The van der Waals surface area contributed by atoms with Gasteiger partial charge in [0.1, 0.15) is 0 Å². The van der Waals surface area contributed by atoms with Crippen LogP contribution in [0.15, 0.2) is 63.7 Å². The summed E-state index contributed by atoms with van der Waals surface area (Å²) in [7, 11) is 0. The lowest BCUT2D eigenvalue weighted by atomic mass is 10.1. The summed E-state index contributed by atoms with van der Waals surface area (Å²) in [5, 5.41) is 4.66. The third-order valence-electron chi connectivity index (χ3n) is 5.63. The Labute approximate surface area is 198 Å². The van der Waals surface area contributed by atoms with Crippen molar-refractivity contribution in [3.63, 3.8) is 0 Å². The van der Waals surface area contributed by atoms with E-state index in [1.807, 2.05) is 46.7 Å².